The third-order valence-electron chi connectivity index (χ3n) is 13.5. The summed E-state index contributed by atoms with van der Waals surface area (Å²) in [6, 6.07) is 75.6. The highest BCUT2D eigenvalue weighted by Gasteiger charge is 2.23. The molecule has 10 aromatic carbocycles. The molecule has 66 heavy (non-hydrogen) atoms. The van der Waals surface area contributed by atoms with E-state index in [1.807, 2.05) is 23.5 Å². The Morgan fingerprint density at radius 2 is 0.803 bits per heavy atom. The van der Waals surface area contributed by atoms with Gasteiger partial charge in [0.05, 0.1) is 16.6 Å². The fraction of sp³-hybridized carbons (Fsp3) is 0. The van der Waals surface area contributed by atoms with Crippen molar-refractivity contribution >= 4 is 115 Å². The molecule has 0 amide bonds. The van der Waals surface area contributed by atoms with Crippen LogP contribution in [0.2, 0.25) is 0 Å². The minimum absolute atomic E-state index is 0.458. The molecule has 0 unspecified atom stereocenters. The van der Waals surface area contributed by atoms with Crippen LogP contribution in [0.1, 0.15) is 0 Å². The van der Waals surface area contributed by atoms with Gasteiger partial charge in [-0.3, -0.25) is 0 Å². The molecule has 13 aromatic rings. The largest absolute Gasteiger partial charge is 0.310 e. The number of thiophene rings is 1. The maximum atomic E-state index is 7.54. The van der Waals surface area contributed by atoms with Crippen molar-refractivity contribution < 1.29 is 0 Å². The second kappa shape index (κ2) is 15.2. The predicted octanol–water partition coefficient (Wildman–Crippen LogP) is 13.3. The number of fused-ring (bicyclic) bond motifs is 9. The second-order valence-electron chi connectivity index (χ2n) is 17.1. The van der Waals surface area contributed by atoms with E-state index in [9.17, 15) is 0 Å². The summed E-state index contributed by atoms with van der Waals surface area (Å²) in [5.74, 6) is 0. The van der Waals surface area contributed by atoms with Gasteiger partial charge in [0.2, 0.25) is 0 Å². The number of hydrogen-bond acceptors (Lipinski definition) is 1. The minimum Gasteiger partial charge on any atom is -0.310 e. The van der Waals surface area contributed by atoms with Crippen molar-refractivity contribution in [2.45, 2.75) is 0 Å². The van der Waals surface area contributed by atoms with Crippen molar-refractivity contribution in [3.63, 3.8) is 0 Å². The molecule has 6 radical (unpaired) electrons. The number of para-hydroxylation sites is 1. The summed E-state index contributed by atoms with van der Waals surface area (Å²) in [5, 5.41) is 6.67. The Hall–Kier alpha value is -7.79. The van der Waals surface area contributed by atoms with Crippen molar-refractivity contribution in [3.05, 3.63) is 212 Å². The lowest BCUT2D eigenvalue weighted by Gasteiger charge is -2.19. The normalized spacial score (nSPS) is 11.8. The van der Waals surface area contributed by atoms with Gasteiger partial charge in [0.1, 0.15) is 23.5 Å². The van der Waals surface area contributed by atoms with Crippen LogP contribution < -0.4 is 16.4 Å². The molecule has 3 heterocycles. The Morgan fingerprint density at radius 1 is 0.303 bits per heavy atom. The molecule has 0 bridgehead atoms. The summed E-state index contributed by atoms with van der Waals surface area (Å²) in [5.41, 5.74) is 16.1. The van der Waals surface area contributed by atoms with Crippen molar-refractivity contribution in [2.24, 2.45) is 0 Å². The van der Waals surface area contributed by atoms with E-state index in [1.165, 1.54) is 31.3 Å². The predicted molar refractivity (Wildman–Crippen MR) is 286 cm³/mol. The number of rotatable bonds is 6. The number of benzene rings is 10. The summed E-state index contributed by atoms with van der Waals surface area (Å²) in [4.78, 5) is 0. The highest BCUT2D eigenvalue weighted by Crippen LogP contribution is 2.40. The van der Waals surface area contributed by atoms with Gasteiger partial charge in [-0.1, -0.05) is 162 Å². The summed E-state index contributed by atoms with van der Waals surface area (Å²) in [6.07, 6.45) is 0. The molecule has 0 N–H and O–H groups in total. The van der Waals surface area contributed by atoms with Crippen LogP contribution in [0.3, 0.4) is 0 Å². The quantitative estimate of drug-likeness (QED) is 0.148. The van der Waals surface area contributed by atoms with Gasteiger partial charge >= 0.3 is 0 Å². The van der Waals surface area contributed by atoms with Gasteiger partial charge in [-0.15, -0.1) is 11.3 Å². The molecule has 300 valence electrons. The Labute approximate surface area is 390 Å². The highest BCUT2D eigenvalue weighted by molar-refractivity contribution is 7.25. The van der Waals surface area contributed by atoms with E-state index < -0.39 is 0 Å². The molecule has 0 saturated carbocycles. The zero-order valence-corrected chi connectivity index (χ0v) is 36.6. The zero-order valence-electron chi connectivity index (χ0n) is 35.7. The van der Waals surface area contributed by atoms with Gasteiger partial charge in [0.15, 0.2) is 0 Å². The third-order valence-corrected chi connectivity index (χ3v) is 14.6. The molecule has 2 nitrogen and oxygen atoms in total. The van der Waals surface area contributed by atoms with Crippen molar-refractivity contribution in [3.8, 4) is 55.9 Å². The molecular formula is C60H35B3N2S. The molecule has 13 rings (SSSR count). The van der Waals surface area contributed by atoms with Gasteiger partial charge in [-0.2, -0.15) is 0 Å². The van der Waals surface area contributed by atoms with Gasteiger partial charge in [0, 0.05) is 58.6 Å². The lowest BCUT2D eigenvalue weighted by molar-refractivity contribution is 1.19. The summed E-state index contributed by atoms with van der Waals surface area (Å²) in [7, 11) is 22.1. The fourth-order valence-electron chi connectivity index (χ4n) is 10.3. The highest BCUT2D eigenvalue weighted by atomic mass is 32.1. The van der Waals surface area contributed by atoms with Gasteiger partial charge in [-0.25, -0.2) is 0 Å². The lowest BCUT2D eigenvalue weighted by atomic mass is 9.69. The molecule has 0 fully saturated rings. The van der Waals surface area contributed by atoms with Gasteiger partial charge < -0.3 is 9.13 Å². The molecule has 0 aliphatic heterocycles. The van der Waals surface area contributed by atoms with Crippen LogP contribution in [0.25, 0.3) is 120 Å². The monoisotopic (exact) mass is 848 g/mol. The Balaban J connectivity index is 1.01. The van der Waals surface area contributed by atoms with Crippen LogP contribution in [-0.4, -0.2) is 32.7 Å². The fourth-order valence-corrected chi connectivity index (χ4v) is 11.4. The first-order chi connectivity index (χ1) is 32.5. The minimum atomic E-state index is 0.458. The van der Waals surface area contributed by atoms with Crippen molar-refractivity contribution in [2.75, 3.05) is 0 Å². The number of nitrogens with zero attached hydrogens (tertiary/aromatic N) is 2. The summed E-state index contributed by atoms with van der Waals surface area (Å²) in [6.45, 7) is 0. The lowest BCUT2D eigenvalue weighted by Crippen LogP contribution is -2.35. The maximum Gasteiger partial charge on any atom is 0.115 e. The van der Waals surface area contributed by atoms with Gasteiger partial charge in [0.25, 0.3) is 0 Å². The molecule has 0 spiro atoms. The summed E-state index contributed by atoms with van der Waals surface area (Å²) < 4.78 is 7.16. The molecule has 0 aliphatic carbocycles. The summed E-state index contributed by atoms with van der Waals surface area (Å²) >= 11 is 1.83. The maximum absolute atomic E-state index is 7.54. The molecule has 3 aromatic heterocycles. The average Bonchev–Trinajstić information content (AvgIpc) is 4.04. The molecular weight excluding hydrogens is 813 g/mol. The first kappa shape index (κ1) is 38.7. The number of hydrogen-bond donors (Lipinski definition) is 0. The first-order valence-electron chi connectivity index (χ1n) is 22.2. The smallest absolute Gasteiger partial charge is 0.115 e. The molecule has 0 saturated heterocycles. The van der Waals surface area contributed by atoms with Gasteiger partial charge in [-0.05, 0) is 111 Å². The average molecular weight is 848 g/mol. The second-order valence-corrected chi connectivity index (χ2v) is 18.2. The topological polar surface area (TPSA) is 9.86 Å². The van der Waals surface area contributed by atoms with Crippen LogP contribution >= 0.6 is 11.3 Å². The molecule has 0 atom stereocenters. The molecule has 6 heteroatoms. The third kappa shape index (κ3) is 5.99. The zero-order chi connectivity index (χ0) is 44.0. The van der Waals surface area contributed by atoms with E-state index in [0.717, 1.165) is 88.4 Å². The van der Waals surface area contributed by atoms with E-state index >= 15 is 0 Å². The number of aromatic nitrogens is 2. The van der Waals surface area contributed by atoms with Crippen LogP contribution in [0.4, 0.5) is 0 Å². The van der Waals surface area contributed by atoms with Crippen LogP contribution in [0, 0.1) is 0 Å². The van der Waals surface area contributed by atoms with Crippen molar-refractivity contribution in [1.82, 2.24) is 9.13 Å². The Kier molecular flexibility index (Phi) is 8.88. The van der Waals surface area contributed by atoms with E-state index in [4.69, 9.17) is 23.5 Å². The van der Waals surface area contributed by atoms with Crippen LogP contribution in [0.5, 0.6) is 0 Å². The standard InChI is InChI=1S/C60H35B3N2S/c61-57-55(42-26-31-51-47(34-42)45-15-7-9-17-50(45)64(51)44-29-32-54-48(35-44)46-16-8-10-18-53(46)66-54)58(62)59(63)60-56(57)49-33-41(40-21-19-38(20-22-40)36-11-3-1-4-12-36)25-30-52(49)65(60)43-27-23-39(24-28-43)37-13-5-2-6-14-37/h1-35H. The SMILES string of the molecule is [B]c1c(-c2ccc3c(c2)c2ccccc2n3-c2ccc3sc4ccccc4c3c2)c([B])c2c3cc(-c4ccc(-c5ccccc5)cc4)ccc3n(-c3ccc(-c4ccccc4)cc3)c2c1[B]. The Bertz CT molecular complexity index is 4050. The van der Waals surface area contributed by atoms with Crippen LogP contribution in [0.15, 0.2) is 212 Å². The van der Waals surface area contributed by atoms with E-state index in [-0.39, 0.29) is 0 Å². The molecule has 0 aliphatic rings. The van der Waals surface area contributed by atoms with E-state index in [0.29, 0.717) is 16.4 Å². The van der Waals surface area contributed by atoms with Crippen molar-refractivity contribution in [1.29, 1.82) is 0 Å². The first-order valence-corrected chi connectivity index (χ1v) is 23.0. The van der Waals surface area contributed by atoms with Crippen LogP contribution in [-0.2, 0) is 0 Å². The van der Waals surface area contributed by atoms with E-state index in [2.05, 4.69) is 209 Å². The van der Waals surface area contributed by atoms with E-state index in [1.54, 1.807) is 0 Å². The Morgan fingerprint density at radius 3 is 1.52 bits per heavy atom.